The first kappa shape index (κ1) is 26.5. The third-order valence-electron chi connectivity index (χ3n) is 11.1. The van der Waals surface area contributed by atoms with E-state index in [1.165, 1.54) is 39.7 Å². The van der Waals surface area contributed by atoms with Gasteiger partial charge in [0.25, 0.3) is 0 Å². The molecule has 0 saturated heterocycles. The molecule has 0 amide bonds. The molecule has 0 aromatic rings. The topological polar surface area (TPSA) is 78.9 Å². The molecule has 10 atom stereocenters. The molecular formula is C29H46O6. The number of methoxy groups -OCH3 is 1. The van der Waals surface area contributed by atoms with Crippen LogP contribution < -0.4 is 0 Å². The van der Waals surface area contributed by atoms with E-state index >= 15 is 0 Å². The number of hydrogen-bond acceptors (Lipinski definition) is 6. The molecule has 0 radical (unpaired) electrons. The van der Waals surface area contributed by atoms with E-state index in [1.807, 2.05) is 0 Å². The molecule has 6 heteroatoms. The summed E-state index contributed by atoms with van der Waals surface area (Å²) in [6.07, 6.45) is 9.80. The first-order valence-electron chi connectivity index (χ1n) is 13.9. The molecule has 0 aromatic carbocycles. The Morgan fingerprint density at radius 2 is 1.54 bits per heavy atom. The lowest BCUT2D eigenvalue weighted by molar-refractivity contribution is -0.197. The maximum atomic E-state index is 12.2. The summed E-state index contributed by atoms with van der Waals surface area (Å²) < 4.78 is 16.6. The fraction of sp³-hybridized carbons (Fsp3) is 0.897. The number of rotatable bonds is 6. The van der Waals surface area contributed by atoms with Crippen molar-refractivity contribution in [2.24, 2.45) is 46.3 Å². The number of hydrogen-bond donors (Lipinski definition) is 0. The molecule has 0 aromatic heterocycles. The van der Waals surface area contributed by atoms with Crippen LogP contribution in [0.2, 0.25) is 0 Å². The van der Waals surface area contributed by atoms with Crippen LogP contribution in [-0.2, 0) is 28.6 Å². The molecule has 4 aliphatic rings. The molecule has 0 N–H and O–H groups in total. The van der Waals surface area contributed by atoms with Gasteiger partial charge in [0.15, 0.2) is 0 Å². The average molecular weight is 491 g/mol. The van der Waals surface area contributed by atoms with Crippen LogP contribution >= 0.6 is 0 Å². The van der Waals surface area contributed by atoms with E-state index in [0.717, 1.165) is 32.1 Å². The fourth-order valence-electron chi connectivity index (χ4n) is 9.46. The van der Waals surface area contributed by atoms with E-state index in [2.05, 4.69) is 20.8 Å². The highest BCUT2D eigenvalue weighted by Crippen LogP contribution is 2.68. The lowest BCUT2D eigenvalue weighted by atomic mass is 9.43. The van der Waals surface area contributed by atoms with Crippen molar-refractivity contribution in [3.8, 4) is 0 Å². The van der Waals surface area contributed by atoms with Gasteiger partial charge in [-0.25, -0.2) is 0 Å². The monoisotopic (exact) mass is 490 g/mol. The van der Waals surface area contributed by atoms with Crippen LogP contribution in [0.25, 0.3) is 0 Å². The Kier molecular flexibility index (Phi) is 7.60. The average Bonchev–Trinajstić information content (AvgIpc) is 3.14. The molecule has 0 bridgehead atoms. The molecule has 198 valence electrons. The fourth-order valence-corrected chi connectivity index (χ4v) is 9.46. The van der Waals surface area contributed by atoms with Crippen molar-refractivity contribution in [3.05, 3.63) is 0 Å². The minimum absolute atomic E-state index is 0.0134. The van der Waals surface area contributed by atoms with Gasteiger partial charge in [-0.15, -0.1) is 0 Å². The highest BCUT2D eigenvalue weighted by Gasteiger charge is 2.63. The predicted molar refractivity (Wildman–Crippen MR) is 132 cm³/mol. The van der Waals surface area contributed by atoms with Crippen LogP contribution in [-0.4, -0.2) is 37.2 Å². The first-order chi connectivity index (χ1) is 16.5. The van der Waals surface area contributed by atoms with Gasteiger partial charge < -0.3 is 14.2 Å². The summed E-state index contributed by atoms with van der Waals surface area (Å²) in [6, 6.07) is 0. The van der Waals surface area contributed by atoms with Crippen molar-refractivity contribution in [2.75, 3.05) is 7.11 Å². The van der Waals surface area contributed by atoms with Gasteiger partial charge in [-0.2, -0.15) is 0 Å². The second-order valence-electron chi connectivity index (χ2n) is 12.7. The van der Waals surface area contributed by atoms with E-state index in [1.54, 1.807) is 6.92 Å². The van der Waals surface area contributed by atoms with Gasteiger partial charge in [0.2, 0.25) is 0 Å². The van der Waals surface area contributed by atoms with Crippen molar-refractivity contribution < 1.29 is 28.6 Å². The summed E-state index contributed by atoms with van der Waals surface area (Å²) in [4.78, 5) is 35.6. The van der Waals surface area contributed by atoms with Crippen molar-refractivity contribution in [2.45, 2.75) is 111 Å². The van der Waals surface area contributed by atoms with Gasteiger partial charge in [0, 0.05) is 26.2 Å². The number of carbonyl (C=O) groups excluding carboxylic acids is 3. The van der Waals surface area contributed by atoms with Crippen LogP contribution in [0.1, 0.15) is 98.8 Å². The van der Waals surface area contributed by atoms with Crippen molar-refractivity contribution in [1.82, 2.24) is 0 Å². The Bertz CT molecular complexity index is 824. The third kappa shape index (κ3) is 4.87. The van der Waals surface area contributed by atoms with Crippen molar-refractivity contribution in [3.63, 3.8) is 0 Å². The number of ether oxygens (including phenoxy) is 3. The van der Waals surface area contributed by atoms with Gasteiger partial charge >= 0.3 is 17.9 Å². The largest absolute Gasteiger partial charge is 0.469 e. The molecule has 0 spiro atoms. The molecule has 4 fully saturated rings. The van der Waals surface area contributed by atoms with E-state index in [4.69, 9.17) is 14.2 Å². The summed E-state index contributed by atoms with van der Waals surface area (Å²) in [5.74, 6) is 2.43. The van der Waals surface area contributed by atoms with Crippen molar-refractivity contribution in [1.29, 1.82) is 0 Å². The van der Waals surface area contributed by atoms with Crippen molar-refractivity contribution >= 4 is 17.9 Å². The number of carbonyl (C=O) groups is 3. The van der Waals surface area contributed by atoms with Crippen LogP contribution in [0.5, 0.6) is 0 Å². The third-order valence-corrected chi connectivity index (χ3v) is 11.1. The summed E-state index contributed by atoms with van der Waals surface area (Å²) in [5, 5.41) is 0. The Morgan fingerprint density at radius 1 is 0.886 bits per heavy atom. The minimum Gasteiger partial charge on any atom is -0.469 e. The second kappa shape index (κ2) is 10.0. The van der Waals surface area contributed by atoms with Crippen LogP contribution in [0.3, 0.4) is 0 Å². The molecule has 4 saturated carbocycles. The Balaban J connectivity index is 1.57. The molecular weight excluding hydrogens is 444 g/mol. The zero-order chi connectivity index (χ0) is 25.5. The first-order valence-corrected chi connectivity index (χ1v) is 13.9. The summed E-state index contributed by atoms with van der Waals surface area (Å²) in [5.41, 5.74) is 0.418. The van der Waals surface area contributed by atoms with E-state index < -0.39 is 0 Å². The molecule has 4 rings (SSSR count). The van der Waals surface area contributed by atoms with E-state index in [9.17, 15) is 14.4 Å². The van der Waals surface area contributed by atoms with Gasteiger partial charge in [-0.1, -0.05) is 20.8 Å². The van der Waals surface area contributed by atoms with Gasteiger partial charge in [-0.05, 0) is 98.2 Å². The summed E-state index contributed by atoms with van der Waals surface area (Å²) in [7, 11) is 1.47. The zero-order valence-corrected chi connectivity index (χ0v) is 22.6. The van der Waals surface area contributed by atoms with Gasteiger partial charge in [0.05, 0.1) is 7.11 Å². The maximum absolute atomic E-state index is 12.2. The summed E-state index contributed by atoms with van der Waals surface area (Å²) in [6.45, 7) is 10.3. The molecule has 6 nitrogen and oxygen atoms in total. The lowest BCUT2D eigenvalue weighted by Gasteiger charge is -2.62. The lowest BCUT2D eigenvalue weighted by Crippen LogP contribution is -2.59. The van der Waals surface area contributed by atoms with Gasteiger partial charge in [-0.3, -0.25) is 14.4 Å². The van der Waals surface area contributed by atoms with E-state index in [-0.39, 0.29) is 40.9 Å². The second-order valence-corrected chi connectivity index (χ2v) is 12.7. The SMILES string of the molecule is COC(=O)CCC(C)C1CCC2C3C(OC(C)=O)CC4CC(OC(C)=O)CC[C@]4(C)C3CC[C@]12C. The van der Waals surface area contributed by atoms with E-state index in [0.29, 0.717) is 41.9 Å². The molecule has 4 aliphatic carbocycles. The number of fused-ring (bicyclic) bond motifs is 5. The number of esters is 3. The smallest absolute Gasteiger partial charge is 0.305 e. The zero-order valence-electron chi connectivity index (χ0n) is 22.6. The molecule has 8 unspecified atom stereocenters. The van der Waals surface area contributed by atoms with Crippen LogP contribution in [0, 0.1) is 46.3 Å². The molecule has 35 heavy (non-hydrogen) atoms. The van der Waals surface area contributed by atoms with Crippen LogP contribution in [0.15, 0.2) is 0 Å². The standard InChI is InChI=1S/C29H46O6/c1-17(7-10-26(32)33-6)22-8-9-23-27-24(12-14-29(22,23)5)28(4)13-11-21(34-18(2)30)15-20(28)16-25(27)35-19(3)31/h17,20-25,27H,7-16H2,1-6H3/t17?,20?,21?,22?,23?,24?,25?,27?,28-,29+/m0/s1. The normalized spacial score (nSPS) is 43.2. The highest BCUT2D eigenvalue weighted by atomic mass is 16.5. The summed E-state index contributed by atoms with van der Waals surface area (Å²) >= 11 is 0. The Morgan fingerprint density at radius 3 is 2.20 bits per heavy atom. The Labute approximate surface area is 211 Å². The Hall–Kier alpha value is -1.59. The molecule has 0 heterocycles. The highest BCUT2D eigenvalue weighted by molar-refractivity contribution is 5.69. The van der Waals surface area contributed by atoms with Crippen LogP contribution in [0.4, 0.5) is 0 Å². The quantitative estimate of drug-likeness (QED) is 0.351. The minimum atomic E-state index is -0.199. The van der Waals surface area contributed by atoms with Gasteiger partial charge in [0.1, 0.15) is 12.2 Å². The predicted octanol–water partition coefficient (Wildman–Crippen LogP) is 5.71. The molecule has 0 aliphatic heterocycles. The maximum Gasteiger partial charge on any atom is 0.305 e.